The maximum Gasteiger partial charge on any atom is 0.105 e. The lowest BCUT2D eigenvalue weighted by Gasteiger charge is -2.16. The second kappa shape index (κ2) is 6.16. The standard InChI is InChI=1S/C14H18BrN3/c1-11(13-5-3-4-6-14(13)15)16-7-9-18-10-8-17-12(18)2/h3-6,8,10-11,16H,7,9H2,1-2H3/t11-/m1/s1. The first-order chi connectivity index (χ1) is 8.68. The molecule has 0 spiro atoms. The molecule has 2 aromatic rings. The minimum atomic E-state index is 0.337. The van der Waals surface area contributed by atoms with Gasteiger partial charge in [-0.25, -0.2) is 4.98 Å². The van der Waals surface area contributed by atoms with Crippen LogP contribution in [0.15, 0.2) is 41.1 Å². The average Bonchev–Trinajstić information content (AvgIpc) is 2.75. The predicted molar refractivity (Wildman–Crippen MR) is 77.5 cm³/mol. The molecule has 0 unspecified atom stereocenters. The van der Waals surface area contributed by atoms with Crippen LogP contribution in [0.25, 0.3) is 0 Å². The lowest BCUT2D eigenvalue weighted by atomic mass is 10.1. The quantitative estimate of drug-likeness (QED) is 0.918. The van der Waals surface area contributed by atoms with Gasteiger partial charge in [0, 0.05) is 36.0 Å². The summed E-state index contributed by atoms with van der Waals surface area (Å²) in [7, 11) is 0. The molecule has 0 fully saturated rings. The van der Waals surface area contributed by atoms with Gasteiger partial charge in [0.25, 0.3) is 0 Å². The number of hydrogen-bond acceptors (Lipinski definition) is 2. The Morgan fingerprint density at radius 3 is 2.83 bits per heavy atom. The van der Waals surface area contributed by atoms with Gasteiger partial charge in [-0.3, -0.25) is 0 Å². The molecule has 1 N–H and O–H groups in total. The van der Waals surface area contributed by atoms with E-state index < -0.39 is 0 Å². The van der Waals surface area contributed by atoms with Gasteiger partial charge in [0.2, 0.25) is 0 Å². The topological polar surface area (TPSA) is 29.9 Å². The highest BCUT2D eigenvalue weighted by Crippen LogP contribution is 2.22. The zero-order chi connectivity index (χ0) is 13.0. The van der Waals surface area contributed by atoms with Crippen molar-refractivity contribution in [3.8, 4) is 0 Å². The largest absolute Gasteiger partial charge is 0.334 e. The van der Waals surface area contributed by atoms with Crippen LogP contribution in [0.1, 0.15) is 24.4 Å². The highest BCUT2D eigenvalue weighted by molar-refractivity contribution is 9.10. The molecule has 18 heavy (non-hydrogen) atoms. The number of aryl methyl sites for hydroxylation is 1. The van der Waals surface area contributed by atoms with Gasteiger partial charge in [-0.1, -0.05) is 34.1 Å². The summed E-state index contributed by atoms with van der Waals surface area (Å²) in [6.45, 7) is 6.08. The monoisotopic (exact) mass is 307 g/mol. The van der Waals surface area contributed by atoms with Gasteiger partial charge >= 0.3 is 0 Å². The number of hydrogen-bond donors (Lipinski definition) is 1. The molecule has 0 aliphatic carbocycles. The molecule has 0 amide bonds. The third kappa shape index (κ3) is 3.21. The molecular formula is C14H18BrN3. The van der Waals surface area contributed by atoms with Crippen molar-refractivity contribution >= 4 is 15.9 Å². The summed E-state index contributed by atoms with van der Waals surface area (Å²) in [5.41, 5.74) is 1.29. The van der Waals surface area contributed by atoms with E-state index in [-0.39, 0.29) is 0 Å². The van der Waals surface area contributed by atoms with E-state index in [4.69, 9.17) is 0 Å². The summed E-state index contributed by atoms with van der Waals surface area (Å²) in [6.07, 6.45) is 3.85. The molecular weight excluding hydrogens is 290 g/mol. The molecule has 0 bridgehead atoms. The molecule has 0 saturated heterocycles. The maximum atomic E-state index is 4.21. The fraction of sp³-hybridized carbons (Fsp3) is 0.357. The van der Waals surface area contributed by atoms with Crippen LogP contribution in [-0.4, -0.2) is 16.1 Å². The Kier molecular flexibility index (Phi) is 4.55. The van der Waals surface area contributed by atoms with Gasteiger partial charge < -0.3 is 9.88 Å². The number of imidazole rings is 1. The Morgan fingerprint density at radius 1 is 1.39 bits per heavy atom. The number of rotatable bonds is 5. The van der Waals surface area contributed by atoms with Crippen LogP contribution in [0.4, 0.5) is 0 Å². The van der Waals surface area contributed by atoms with E-state index in [0.29, 0.717) is 6.04 Å². The summed E-state index contributed by atoms with van der Waals surface area (Å²) < 4.78 is 3.31. The van der Waals surface area contributed by atoms with E-state index in [9.17, 15) is 0 Å². The highest BCUT2D eigenvalue weighted by atomic mass is 79.9. The smallest absolute Gasteiger partial charge is 0.105 e. The Bertz CT molecular complexity index is 507. The molecule has 0 saturated carbocycles. The number of benzene rings is 1. The Labute approximate surface area is 116 Å². The fourth-order valence-corrected chi connectivity index (χ4v) is 2.61. The Hall–Kier alpha value is -1.13. The third-order valence-corrected chi connectivity index (χ3v) is 3.82. The van der Waals surface area contributed by atoms with E-state index in [1.165, 1.54) is 5.56 Å². The molecule has 4 heteroatoms. The van der Waals surface area contributed by atoms with Crippen LogP contribution in [0.3, 0.4) is 0 Å². The second-order valence-corrected chi connectivity index (χ2v) is 5.22. The van der Waals surface area contributed by atoms with Crippen molar-refractivity contribution in [2.75, 3.05) is 6.54 Å². The Morgan fingerprint density at radius 2 is 2.17 bits per heavy atom. The first kappa shape index (κ1) is 13.3. The summed E-state index contributed by atoms with van der Waals surface area (Å²) in [5, 5.41) is 3.53. The molecule has 0 radical (unpaired) electrons. The van der Waals surface area contributed by atoms with Crippen molar-refractivity contribution in [1.82, 2.24) is 14.9 Å². The number of halogens is 1. The van der Waals surface area contributed by atoms with E-state index >= 15 is 0 Å². The average molecular weight is 308 g/mol. The van der Waals surface area contributed by atoms with Gasteiger partial charge in [0.05, 0.1) is 0 Å². The van der Waals surface area contributed by atoms with E-state index in [1.54, 1.807) is 0 Å². The van der Waals surface area contributed by atoms with Gasteiger partial charge in [-0.15, -0.1) is 0 Å². The van der Waals surface area contributed by atoms with Crippen molar-refractivity contribution in [3.63, 3.8) is 0 Å². The molecule has 0 aliphatic heterocycles. The van der Waals surface area contributed by atoms with Crippen LogP contribution in [-0.2, 0) is 6.54 Å². The van der Waals surface area contributed by atoms with Gasteiger partial charge in [0.15, 0.2) is 0 Å². The van der Waals surface area contributed by atoms with Gasteiger partial charge in [0.1, 0.15) is 5.82 Å². The van der Waals surface area contributed by atoms with Crippen LogP contribution < -0.4 is 5.32 Å². The van der Waals surface area contributed by atoms with E-state index in [0.717, 1.165) is 23.4 Å². The van der Waals surface area contributed by atoms with E-state index in [1.807, 2.05) is 25.4 Å². The van der Waals surface area contributed by atoms with Crippen molar-refractivity contribution in [2.45, 2.75) is 26.4 Å². The minimum absolute atomic E-state index is 0.337. The fourth-order valence-electron chi connectivity index (χ4n) is 1.98. The number of aromatic nitrogens is 2. The summed E-state index contributed by atoms with van der Waals surface area (Å²) in [4.78, 5) is 4.21. The first-order valence-corrected chi connectivity index (χ1v) is 6.93. The molecule has 0 aliphatic rings. The SMILES string of the molecule is Cc1nccn1CCN[C@H](C)c1ccccc1Br. The minimum Gasteiger partial charge on any atom is -0.334 e. The van der Waals surface area contributed by atoms with Crippen molar-refractivity contribution in [3.05, 3.63) is 52.5 Å². The van der Waals surface area contributed by atoms with Crippen LogP contribution >= 0.6 is 15.9 Å². The van der Waals surface area contributed by atoms with E-state index in [2.05, 4.69) is 55.9 Å². The lowest BCUT2D eigenvalue weighted by Crippen LogP contribution is -2.23. The molecule has 2 rings (SSSR count). The normalized spacial score (nSPS) is 12.6. The Balaban J connectivity index is 1.87. The van der Waals surface area contributed by atoms with Crippen LogP contribution in [0.5, 0.6) is 0 Å². The van der Waals surface area contributed by atoms with Crippen molar-refractivity contribution in [1.29, 1.82) is 0 Å². The van der Waals surface area contributed by atoms with Crippen LogP contribution in [0, 0.1) is 6.92 Å². The number of nitrogens with zero attached hydrogens (tertiary/aromatic N) is 2. The zero-order valence-electron chi connectivity index (χ0n) is 10.7. The summed E-state index contributed by atoms with van der Waals surface area (Å²) >= 11 is 3.58. The van der Waals surface area contributed by atoms with Crippen molar-refractivity contribution < 1.29 is 0 Å². The molecule has 1 aromatic carbocycles. The van der Waals surface area contributed by atoms with Crippen molar-refractivity contribution in [2.24, 2.45) is 0 Å². The third-order valence-electron chi connectivity index (χ3n) is 3.10. The van der Waals surface area contributed by atoms with Gasteiger partial charge in [-0.05, 0) is 25.5 Å². The number of nitrogens with one attached hydrogen (secondary N) is 1. The van der Waals surface area contributed by atoms with Gasteiger partial charge in [-0.2, -0.15) is 0 Å². The summed E-state index contributed by atoms with van der Waals surface area (Å²) in [6, 6.07) is 8.66. The second-order valence-electron chi connectivity index (χ2n) is 4.37. The predicted octanol–water partition coefficient (Wildman–Crippen LogP) is 3.30. The first-order valence-electron chi connectivity index (χ1n) is 6.14. The molecule has 1 aromatic heterocycles. The molecule has 1 atom stereocenters. The highest BCUT2D eigenvalue weighted by Gasteiger charge is 2.07. The maximum absolute atomic E-state index is 4.21. The molecule has 3 nitrogen and oxygen atoms in total. The zero-order valence-corrected chi connectivity index (χ0v) is 12.3. The summed E-state index contributed by atoms with van der Waals surface area (Å²) in [5.74, 6) is 1.06. The molecule has 1 heterocycles. The van der Waals surface area contributed by atoms with Crippen LogP contribution in [0.2, 0.25) is 0 Å². The lowest BCUT2D eigenvalue weighted by molar-refractivity contribution is 0.525. The molecule has 96 valence electrons.